The fourth-order valence-corrected chi connectivity index (χ4v) is 4.60. The minimum atomic E-state index is -3.61. The van der Waals surface area contributed by atoms with E-state index >= 15 is 0 Å². The summed E-state index contributed by atoms with van der Waals surface area (Å²) < 4.78 is 38.0. The maximum Gasteiger partial charge on any atom is 0.298 e. The molecular formula is C17H20N2O5S. The number of morpholine rings is 2. The lowest BCUT2D eigenvalue weighted by atomic mass is 10.1. The van der Waals surface area contributed by atoms with E-state index in [0.717, 1.165) is 0 Å². The Morgan fingerprint density at radius 3 is 2.28 bits per heavy atom. The van der Waals surface area contributed by atoms with Crippen LogP contribution in [0.1, 0.15) is 6.92 Å². The highest BCUT2D eigenvalue weighted by molar-refractivity contribution is 7.89. The molecule has 0 N–H and O–H groups in total. The number of sulfonamides is 1. The zero-order valence-corrected chi connectivity index (χ0v) is 15.0. The quantitative estimate of drug-likeness (QED) is 0.722. The Balaban J connectivity index is 1.75. The summed E-state index contributed by atoms with van der Waals surface area (Å²) in [6.45, 7) is 2.74. The summed E-state index contributed by atoms with van der Waals surface area (Å²) in [7, 11) is -2.08. The third-order valence-corrected chi connectivity index (χ3v) is 6.11. The summed E-state index contributed by atoms with van der Waals surface area (Å²) >= 11 is 0. The maximum absolute atomic E-state index is 12.9. The van der Waals surface area contributed by atoms with Crippen molar-refractivity contribution < 1.29 is 22.7 Å². The molecule has 2 atom stereocenters. The zero-order valence-electron chi connectivity index (χ0n) is 14.1. The van der Waals surface area contributed by atoms with Crippen LogP contribution in [0.4, 0.5) is 0 Å². The van der Waals surface area contributed by atoms with E-state index in [9.17, 15) is 13.2 Å². The number of hydrogen-bond donors (Lipinski definition) is 0. The number of hydrogen-bond acceptors (Lipinski definition) is 5. The van der Waals surface area contributed by atoms with E-state index in [0.29, 0.717) is 18.8 Å². The molecule has 25 heavy (non-hydrogen) atoms. The van der Waals surface area contributed by atoms with Gasteiger partial charge in [-0.2, -0.15) is 4.31 Å². The number of benzene rings is 1. The SMILES string of the molecule is CC#CC(=O)N1C[C@@H]2CN(S(=O)(=O)c3ccc(OC)cc3)C[C@H](C1)O2. The van der Waals surface area contributed by atoms with E-state index in [4.69, 9.17) is 9.47 Å². The summed E-state index contributed by atoms with van der Waals surface area (Å²) in [6, 6.07) is 6.31. The molecule has 2 fully saturated rings. The molecule has 0 radical (unpaired) electrons. The Bertz CT molecular complexity index is 796. The van der Waals surface area contributed by atoms with Gasteiger partial charge in [0.15, 0.2) is 0 Å². The van der Waals surface area contributed by atoms with Crippen LogP contribution in [0.15, 0.2) is 29.2 Å². The normalized spacial score (nSPS) is 23.5. The third kappa shape index (κ3) is 3.63. The zero-order chi connectivity index (χ0) is 18.0. The molecule has 2 aliphatic rings. The lowest BCUT2D eigenvalue weighted by molar-refractivity contribution is -0.149. The number of methoxy groups -OCH3 is 1. The molecule has 0 aliphatic carbocycles. The standard InChI is InChI=1S/C17H20N2O5S/c1-3-4-17(20)18-9-14-11-19(12-15(10-18)24-14)25(21,22)16-7-5-13(23-2)6-8-16/h5-8,14-15H,9-12H2,1-2H3/t14-,15+. The summed E-state index contributed by atoms with van der Waals surface area (Å²) in [4.78, 5) is 13.8. The van der Waals surface area contributed by atoms with Crippen molar-refractivity contribution >= 4 is 15.9 Å². The fraction of sp³-hybridized carbons (Fsp3) is 0.471. The highest BCUT2D eigenvalue weighted by Gasteiger charge is 2.40. The lowest BCUT2D eigenvalue weighted by Gasteiger charge is -2.44. The smallest absolute Gasteiger partial charge is 0.298 e. The largest absolute Gasteiger partial charge is 0.497 e. The molecule has 0 aromatic heterocycles. The molecule has 3 rings (SSSR count). The van der Waals surface area contributed by atoms with Gasteiger partial charge in [0.05, 0.1) is 24.2 Å². The Kier molecular flexibility index (Phi) is 4.99. The van der Waals surface area contributed by atoms with Crippen LogP contribution in [0, 0.1) is 11.8 Å². The minimum Gasteiger partial charge on any atom is -0.497 e. The topological polar surface area (TPSA) is 76.2 Å². The van der Waals surface area contributed by atoms with E-state index in [1.807, 2.05) is 0 Å². The van der Waals surface area contributed by atoms with Crippen LogP contribution < -0.4 is 4.74 Å². The van der Waals surface area contributed by atoms with Crippen LogP contribution in [-0.4, -0.2) is 69.0 Å². The van der Waals surface area contributed by atoms with E-state index in [1.165, 1.54) is 23.5 Å². The Morgan fingerprint density at radius 2 is 1.76 bits per heavy atom. The number of nitrogens with zero attached hydrogens (tertiary/aromatic N) is 2. The number of rotatable bonds is 3. The average Bonchev–Trinajstić information content (AvgIpc) is 2.61. The second-order valence-corrected chi connectivity index (χ2v) is 7.90. The van der Waals surface area contributed by atoms with E-state index in [1.54, 1.807) is 24.0 Å². The summed E-state index contributed by atoms with van der Waals surface area (Å²) in [5.74, 6) is 5.47. The van der Waals surface area contributed by atoms with Gasteiger partial charge in [-0.15, -0.1) is 0 Å². The van der Waals surface area contributed by atoms with Gasteiger partial charge in [-0.05, 0) is 37.1 Å². The molecule has 0 unspecified atom stereocenters. The maximum atomic E-state index is 12.9. The third-order valence-electron chi connectivity index (χ3n) is 4.26. The van der Waals surface area contributed by atoms with Crippen molar-refractivity contribution in [3.8, 4) is 17.6 Å². The van der Waals surface area contributed by atoms with Crippen LogP contribution in [0.2, 0.25) is 0 Å². The number of ether oxygens (including phenoxy) is 2. The fourth-order valence-electron chi connectivity index (χ4n) is 3.10. The van der Waals surface area contributed by atoms with E-state index in [2.05, 4.69) is 11.8 Å². The molecule has 7 nitrogen and oxygen atoms in total. The van der Waals surface area contributed by atoms with Crippen molar-refractivity contribution in [3.05, 3.63) is 24.3 Å². The molecule has 8 heteroatoms. The van der Waals surface area contributed by atoms with Crippen LogP contribution in [0.25, 0.3) is 0 Å². The van der Waals surface area contributed by atoms with Gasteiger partial charge in [0, 0.05) is 26.2 Å². The minimum absolute atomic E-state index is 0.216. The molecule has 0 spiro atoms. The molecule has 2 bridgehead atoms. The second-order valence-electron chi connectivity index (χ2n) is 5.96. The van der Waals surface area contributed by atoms with Crippen LogP contribution in [-0.2, 0) is 19.6 Å². The molecule has 0 saturated carbocycles. The highest BCUT2D eigenvalue weighted by Crippen LogP contribution is 2.26. The molecule has 1 amide bonds. The van der Waals surface area contributed by atoms with Gasteiger partial charge in [-0.25, -0.2) is 8.42 Å². The highest BCUT2D eigenvalue weighted by atomic mass is 32.2. The van der Waals surface area contributed by atoms with Gasteiger partial charge < -0.3 is 14.4 Å². The number of amides is 1. The Labute approximate surface area is 147 Å². The Hall–Kier alpha value is -2.08. The number of carbonyl (C=O) groups excluding carboxylic acids is 1. The van der Waals surface area contributed by atoms with E-state index < -0.39 is 10.0 Å². The second kappa shape index (κ2) is 7.04. The van der Waals surface area contributed by atoms with Gasteiger partial charge in [0.25, 0.3) is 5.91 Å². The molecule has 134 valence electrons. The molecule has 1 aromatic rings. The lowest BCUT2D eigenvalue weighted by Crippen LogP contribution is -2.61. The number of carbonyl (C=O) groups is 1. The van der Waals surface area contributed by atoms with Crippen molar-refractivity contribution in [1.82, 2.24) is 9.21 Å². The predicted molar refractivity (Wildman–Crippen MR) is 90.4 cm³/mol. The summed E-state index contributed by atoms with van der Waals surface area (Å²) in [6.07, 6.45) is -0.689. The van der Waals surface area contributed by atoms with E-state index in [-0.39, 0.29) is 36.1 Å². The van der Waals surface area contributed by atoms with Crippen molar-refractivity contribution in [2.45, 2.75) is 24.0 Å². The first kappa shape index (κ1) is 17.7. The van der Waals surface area contributed by atoms with Crippen molar-refractivity contribution in [3.63, 3.8) is 0 Å². The summed E-state index contributed by atoms with van der Waals surface area (Å²) in [5, 5.41) is 0. The van der Waals surface area contributed by atoms with Crippen molar-refractivity contribution in [1.29, 1.82) is 0 Å². The molecular weight excluding hydrogens is 344 g/mol. The first-order chi connectivity index (χ1) is 11.9. The van der Waals surface area contributed by atoms with Crippen LogP contribution in [0.5, 0.6) is 5.75 Å². The Morgan fingerprint density at radius 1 is 1.16 bits per heavy atom. The van der Waals surface area contributed by atoms with Gasteiger partial charge >= 0.3 is 0 Å². The molecule has 2 heterocycles. The first-order valence-electron chi connectivity index (χ1n) is 7.95. The number of fused-ring (bicyclic) bond motifs is 2. The van der Waals surface area contributed by atoms with Gasteiger partial charge in [-0.3, -0.25) is 4.79 Å². The van der Waals surface area contributed by atoms with Gasteiger partial charge in [-0.1, -0.05) is 5.92 Å². The van der Waals surface area contributed by atoms with Gasteiger partial charge in [0.1, 0.15) is 5.75 Å². The van der Waals surface area contributed by atoms with Crippen molar-refractivity contribution in [2.24, 2.45) is 0 Å². The van der Waals surface area contributed by atoms with Crippen LogP contribution >= 0.6 is 0 Å². The summed E-state index contributed by atoms with van der Waals surface area (Å²) in [5.41, 5.74) is 0. The molecule has 2 aliphatic heterocycles. The van der Waals surface area contributed by atoms with Gasteiger partial charge in [0.2, 0.25) is 10.0 Å². The average molecular weight is 364 g/mol. The van der Waals surface area contributed by atoms with Crippen LogP contribution in [0.3, 0.4) is 0 Å². The first-order valence-corrected chi connectivity index (χ1v) is 9.39. The molecule has 1 aromatic carbocycles. The monoisotopic (exact) mass is 364 g/mol. The van der Waals surface area contributed by atoms with Crippen molar-refractivity contribution in [2.75, 3.05) is 33.3 Å². The molecule has 2 saturated heterocycles. The predicted octanol–water partition coefficient (Wildman–Crippen LogP) is 0.319.